The first-order valence-electron chi connectivity index (χ1n) is 6.89. The molecule has 0 aromatic carbocycles. The summed E-state index contributed by atoms with van der Waals surface area (Å²) in [6.07, 6.45) is 2.78. The Morgan fingerprint density at radius 2 is 1.88 bits per heavy atom. The number of nitrogens with zero attached hydrogens (tertiary/aromatic N) is 2. The third-order valence-electron chi connectivity index (χ3n) is 5.04. The summed E-state index contributed by atoms with van der Waals surface area (Å²) in [6, 6.07) is 1.47. The summed E-state index contributed by atoms with van der Waals surface area (Å²) in [7, 11) is 2.28. The van der Waals surface area contributed by atoms with Crippen LogP contribution in [0.25, 0.3) is 0 Å². The zero-order valence-corrected chi connectivity index (χ0v) is 11.7. The number of hydrogen-bond acceptors (Lipinski definition) is 2. The SMILES string of the molecule is CC(C)N1CC2(CCN(C)C2)C(C)CC1C. The van der Waals surface area contributed by atoms with Gasteiger partial charge < -0.3 is 4.90 Å². The average molecular weight is 224 g/mol. The lowest BCUT2D eigenvalue weighted by atomic mass is 9.69. The van der Waals surface area contributed by atoms with Gasteiger partial charge in [-0.2, -0.15) is 0 Å². The molecule has 0 aromatic heterocycles. The second-order valence-electron chi connectivity index (χ2n) is 6.60. The van der Waals surface area contributed by atoms with Gasteiger partial charge in [0, 0.05) is 25.2 Å². The van der Waals surface area contributed by atoms with E-state index in [1.165, 1.54) is 32.5 Å². The van der Waals surface area contributed by atoms with Crippen molar-refractivity contribution in [3.05, 3.63) is 0 Å². The van der Waals surface area contributed by atoms with Crippen molar-refractivity contribution >= 4 is 0 Å². The molecule has 16 heavy (non-hydrogen) atoms. The van der Waals surface area contributed by atoms with E-state index in [0.717, 1.165) is 12.0 Å². The number of likely N-dealkylation sites (tertiary alicyclic amines) is 2. The first-order valence-corrected chi connectivity index (χ1v) is 6.89. The summed E-state index contributed by atoms with van der Waals surface area (Å²) >= 11 is 0. The highest BCUT2D eigenvalue weighted by Gasteiger charge is 2.47. The molecule has 2 nitrogen and oxygen atoms in total. The third-order valence-corrected chi connectivity index (χ3v) is 5.04. The first kappa shape index (κ1) is 12.4. The van der Waals surface area contributed by atoms with Crippen molar-refractivity contribution in [1.82, 2.24) is 9.80 Å². The molecule has 2 saturated heterocycles. The fraction of sp³-hybridized carbons (Fsp3) is 1.00. The quantitative estimate of drug-likeness (QED) is 0.675. The van der Waals surface area contributed by atoms with Crippen LogP contribution in [-0.4, -0.2) is 48.6 Å². The molecule has 2 heterocycles. The number of hydrogen-bond donors (Lipinski definition) is 0. The van der Waals surface area contributed by atoms with Gasteiger partial charge in [0.25, 0.3) is 0 Å². The first-order chi connectivity index (χ1) is 7.44. The van der Waals surface area contributed by atoms with Gasteiger partial charge >= 0.3 is 0 Å². The van der Waals surface area contributed by atoms with Crippen LogP contribution in [0, 0.1) is 11.3 Å². The minimum atomic E-state index is 0.589. The predicted molar refractivity (Wildman–Crippen MR) is 69.6 cm³/mol. The van der Waals surface area contributed by atoms with Crippen molar-refractivity contribution in [2.45, 2.75) is 52.6 Å². The molecule has 2 aliphatic rings. The Kier molecular flexibility index (Phi) is 3.33. The van der Waals surface area contributed by atoms with Gasteiger partial charge in [-0.25, -0.2) is 0 Å². The topological polar surface area (TPSA) is 6.48 Å². The molecule has 0 bridgehead atoms. The van der Waals surface area contributed by atoms with E-state index >= 15 is 0 Å². The maximum atomic E-state index is 2.72. The molecule has 2 rings (SSSR count). The summed E-state index contributed by atoms with van der Waals surface area (Å²) in [6.45, 7) is 13.5. The molecule has 0 aromatic rings. The average Bonchev–Trinajstić information content (AvgIpc) is 2.55. The van der Waals surface area contributed by atoms with Gasteiger partial charge in [-0.15, -0.1) is 0 Å². The lowest BCUT2D eigenvalue weighted by Crippen LogP contribution is -2.55. The fourth-order valence-corrected chi connectivity index (χ4v) is 3.90. The van der Waals surface area contributed by atoms with E-state index in [9.17, 15) is 0 Å². The molecule has 0 N–H and O–H groups in total. The van der Waals surface area contributed by atoms with E-state index in [1.807, 2.05) is 0 Å². The van der Waals surface area contributed by atoms with Gasteiger partial charge in [0.05, 0.1) is 0 Å². The molecule has 3 unspecified atom stereocenters. The molecule has 2 aliphatic heterocycles. The summed E-state index contributed by atoms with van der Waals surface area (Å²) in [5, 5.41) is 0. The molecule has 94 valence electrons. The molecule has 2 fully saturated rings. The number of rotatable bonds is 1. The molecule has 1 spiro atoms. The third kappa shape index (κ3) is 2.02. The van der Waals surface area contributed by atoms with Crippen LogP contribution in [0.2, 0.25) is 0 Å². The summed E-state index contributed by atoms with van der Waals surface area (Å²) in [5.74, 6) is 0.891. The van der Waals surface area contributed by atoms with E-state index in [0.29, 0.717) is 11.5 Å². The largest absolute Gasteiger partial charge is 0.306 e. The Hall–Kier alpha value is -0.0800. The zero-order valence-electron chi connectivity index (χ0n) is 11.7. The van der Waals surface area contributed by atoms with Gasteiger partial charge in [-0.1, -0.05) is 6.92 Å². The highest BCUT2D eigenvalue weighted by molar-refractivity contribution is 5.00. The Bertz CT molecular complexity index is 251. The van der Waals surface area contributed by atoms with Crippen LogP contribution in [0.1, 0.15) is 40.5 Å². The Morgan fingerprint density at radius 3 is 2.38 bits per heavy atom. The van der Waals surface area contributed by atoms with Crippen LogP contribution < -0.4 is 0 Å². The molecule has 0 radical (unpaired) electrons. The van der Waals surface area contributed by atoms with Crippen LogP contribution in [0.5, 0.6) is 0 Å². The molecular weight excluding hydrogens is 196 g/mol. The summed E-state index contributed by atoms with van der Waals surface area (Å²) in [5.41, 5.74) is 0.589. The van der Waals surface area contributed by atoms with Crippen molar-refractivity contribution in [2.75, 3.05) is 26.7 Å². The molecular formula is C14H28N2. The normalized spacial score (nSPS) is 42.4. The molecule has 3 atom stereocenters. The van der Waals surface area contributed by atoms with Crippen molar-refractivity contribution in [1.29, 1.82) is 0 Å². The van der Waals surface area contributed by atoms with Gasteiger partial charge in [-0.3, -0.25) is 4.90 Å². The maximum absolute atomic E-state index is 2.72. The monoisotopic (exact) mass is 224 g/mol. The van der Waals surface area contributed by atoms with E-state index in [1.54, 1.807) is 0 Å². The van der Waals surface area contributed by atoms with Gasteiger partial charge in [-0.05, 0) is 58.5 Å². The van der Waals surface area contributed by atoms with E-state index in [-0.39, 0.29) is 0 Å². The second kappa shape index (κ2) is 4.30. The van der Waals surface area contributed by atoms with Crippen LogP contribution in [0.3, 0.4) is 0 Å². The van der Waals surface area contributed by atoms with Crippen molar-refractivity contribution < 1.29 is 0 Å². The fourth-order valence-electron chi connectivity index (χ4n) is 3.90. The minimum Gasteiger partial charge on any atom is -0.306 e. The minimum absolute atomic E-state index is 0.589. The van der Waals surface area contributed by atoms with Crippen LogP contribution in [-0.2, 0) is 0 Å². The molecule has 0 aliphatic carbocycles. The zero-order chi connectivity index (χ0) is 11.9. The van der Waals surface area contributed by atoms with Gasteiger partial charge in [0.1, 0.15) is 0 Å². The Labute approximate surface area is 101 Å². The Morgan fingerprint density at radius 1 is 1.19 bits per heavy atom. The van der Waals surface area contributed by atoms with Gasteiger partial charge in [0.15, 0.2) is 0 Å². The van der Waals surface area contributed by atoms with Crippen molar-refractivity contribution in [2.24, 2.45) is 11.3 Å². The smallest absolute Gasteiger partial charge is 0.00726 e. The predicted octanol–water partition coefficient (Wildman–Crippen LogP) is 2.45. The standard InChI is InChI=1S/C14H28N2/c1-11(2)16-10-14(6-7-15(5)9-14)12(3)8-13(16)4/h11-13H,6-10H2,1-5H3. The van der Waals surface area contributed by atoms with Crippen molar-refractivity contribution in [3.63, 3.8) is 0 Å². The van der Waals surface area contributed by atoms with E-state index in [2.05, 4.69) is 44.5 Å². The highest BCUT2D eigenvalue weighted by atomic mass is 15.2. The Balaban J connectivity index is 2.14. The van der Waals surface area contributed by atoms with Crippen LogP contribution in [0.4, 0.5) is 0 Å². The van der Waals surface area contributed by atoms with Crippen LogP contribution >= 0.6 is 0 Å². The van der Waals surface area contributed by atoms with Gasteiger partial charge in [0.2, 0.25) is 0 Å². The van der Waals surface area contributed by atoms with Crippen molar-refractivity contribution in [3.8, 4) is 0 Å². The highest BCUT2D eigenvalue weighted by Crippen LogP contribution is 2.44. The lowest BCUT2D eigenvalue weighted by molar-refractivity contribution is -0.00846. The summed E-state index contributed by atoms with van der Waals surface area (Å²) in [4.78, 5) is 5.24. The van der Waals surface area contributed by atoms with Crippen LogP contribution in [0.15, 0.2) is 0 Å². The summed E-state index contributed by atoms with van der Waals surface area (Å²) < 4.78 is 0. The molecule has 2 heteroatoms. The lowest BCUT2D eigenvalue weighted by Gasteiger charge is -2.50. The van der Waals surface area contributed by atoms with E-state index < -0.39 is 0 Å². The van der Waals surface area contributed by atoms with E-state index in [4.69, 9.17) is 0 Å². The molecule has 0 saturated carbocycles. The number of piperidine rings is 1. The maximum Gasteiger partial charge on any atom is 0.00726 e. The second-order valence-corrected chi connectivity index (χ2v) is 6.60. The molecule has 0 amide bonds.